The van der Waals surface area contributed by atoms with E-state index in [1.807, 2.05) is 20.8 Å². The van der Waals surface area contributed by atoms with Crippen LogP contribution in [0.2, 0.25) is 0 Å². The number of hydrogen-bond donors (Lipinski definition) is 1. The van der Waals surface area contributed by atoms with Crippen LogP contribution >= 0.6 is 0 Å². The Kier molecular flexibility index (Phi) is 6.60. The lowest BCUT2D eigenvalue weighted by molar-refractivity contribution is -0.149. The molecule has 96 valence electrons. The van der Waals surface area contributed by atoms with E-state index in [9.17, 15) is 4.79 Å². The smallest absolute Gasteiger partial charge is 0.323 e. The molecule has 0 bridgehead atoms. The Morgan fingerprint density at radius 2 is 1.81 bits per heavy atom. The first kappa shape index (κ1) is 15.4. The van der Waals surface area contributed by atoms with Crippen molar-refractivity contribution < 1.29 is 14.3 Å². The second-order valence-corrected chi connectivity index (χ2v) is 5.48. The monoisotopic (exact) mass is 231 g/mol. The van der Waals surface area contributed by atoms with Crippen LogP contribution in [0, 0.1) is 11.3 Å². The number of nitrogens with two attached hydrogens (primary N) is 1. The van der Waals surface area contributed by atoms with Crippen LogP contribution in [0.5, 0.6) is 0 Å². The van der Waals surface area contributed by atoms with E-state index in [0.29, 0.717) is 19.1 Å². The predicted octanol–water partition coefficient (Wildman–Crippen LogP) is 1.58. The van der Waals surface area contributed by atoms with E-state index < -0.39 is 6.04 Å². The van der Waals surface area contributed by atoms with Crippen LogP contribution in [-0.2, 0) is 14.3 Å². The minimum atomic E-state index is -0.586. The van der Waals surface area contributed by atoms with Gasteiger partial charge in [0.2, 0.25) is 0 Å². The number of carbonyl (C=O) groups excluding carboxylic acids is 1. The van der Waals surface area contributed by atoms with E-state index in [-0.39, 0.29) is 18.0 Å². The molecule has 0 fully saturated rings. The number of carbonyl (C=O) groups is 1. The summed E-state index contributed by atoms with van der Waals surface area (Å²) in [6, 6.07) is -0.586. The van der Waals surface area contributed by atoms with Crippen molar-refractivity contribution in [2.45, 2.75) is 40.7 Å². The second-order valence-electron chi connectivity index (χ2n) is 5.48. The molecule has 4 nitrogen and oxygen atoms in total. The zero-order chi connectivity index (χ0) is 12.8. The summed E-state index contributed by atoms with van der Waals surface area (Å²) < 4.78 is 10.3. The van der Waals surface area contributed by atoms with Gasteiger partial charge in [-0.1, -0.05) is 34.6 Å². The van der Waals surface area contributed by atoms with Crippen molar-refractivity contribution in [1.82, 2.24) is 0 Å². The summed E-state index contributed by atoms with van der Waals surface area (Å²) >= 11 is 0. The molecule has 0 saturated heterocycles. The average Bonchev–Trinajstić information content (AvgIpc) is 2.13. The highest BCUT2D eigenvalue weighted by Gasteiger charge is 2.28. The summed E-state index contributed by atoms with van der Waals surface area (Å²) in [5.41, 5.74) is 5.47. The van der Waals surface area contributed by atoms with E-state index in [2.05, 4.69) is 13.8 Å². The third-order valence-electron chi connectivity index (χ3n) is 2.11. The van der Waals surface area contributed by atoms with Crippen LogP contribution in [0.3, 0.4) is 0 Å². The molecule has 0 amide bonds. The molecular weight excluding hydrogens is 206 g/mol. The highest BCUT2D eigenvalue weighted by Crippen LogP contribution is 2.18. The van der Waals surface area contributed by atoms with Gasteiger partial charge in [-0.15, -0.1) is 0 Å². The Bertz CT molecular complexity index is 209. The molecule has 0 aliphatic heterocycles. The first-order valence-corrected chi connectivity index (χ1v) is 5.75. The van der Waals surface area contributed by atoms with Gasteiger partial charge in [0.15, 0.2) is 0 Å². The maximum absolute atomic E-state index is 11.5. The normalized spacial score (nSPS) is 13.9. The van der Waals surface area contributed by atoms with Gasteiger partial charge >= 0.3 is 5.97 Å². The topological polar surface area (TPSA) is 61.5 Å². The van der Waals surface area contributed by atoms with Crippen molar-refractivity contribution in [1.29, 1.82) is 0 Å². The third-order valence-corrected chi connectivity index (χ3v) is 2.11. The summed E-state index contributed by atoms with van der Waals surface area (Å²) in [6.07, 6.45) is 0. The highest BCUT2D eigenvalue weighted by atomic mass is 16.6. The van der Waals surface area contributed by atoms with Gasteiger partial charge in [-0.25, -0.2) is 0 Å². The third kappa shape index (κ3) is 6.80. The summed E-state index contributed by atoms with van der Waals surface area (Å²) in [5, 5.41) is 0. The molecular formula is C12H25NO3. The molecule has 1 unspecified atom stereocenters. The van der Waals surface area contributed by atoms with Gasteiger partial charge in [-0.3, -0.25) is 4.79 Å². The quantitative estimate of drug-likeness (QED) is 0.557. The van der Waals surface area contributed by atoms with Crippen LogP contribution < -0.4 is 5.73 Å². The lowest BCUT2D eigenvalue weighted by Crippen LogP contribution is -2.43. The average molecular weight is 231 g/mol. The molecule has 0 aromatic rings. The van der Waals surface area contributed by atoms with E-state index in [0.717, 1.165) is 0 Å². The van der Waals surface area contributed by atoms with Crippen molar-refractivity contribution in [3.63, 3.8) is 0 Å². The van der Waals surface area contributed by atoms with Gasteiger partial charge < -0.3 is 15.2 Å². The van der Waals surface area contributed by atoms with Gasteiger partial charge in [-0.2, -0.15) is 0 Å². The van der Waals surface area contributed by atoms with Crippen LogP contribution in [0.1, 0.15) is 34.6 Å². The molecule has 0 heterocycles. The predicted molar refractivity (Wildman–Crippen MR) is 64.0 cm³/mol. The van der Waals surface area contributed by atoms with Crippen molar-refractivity contribution in [3.05, 3.63) is 0 Å². The zero-order valence-electron chi connectivity index (χ0n) is 11.1. The minimum Gasteiger partial charge on any atom is -0.462 e. The fraction of sp³-hybridized carbons (Fsp3) is 0.917. The highest BCUT2D eigenvalue weighted by molar-refractivity contribution is 5.76. The molecule has 0 aliphatic carbocycles. The lowest BCUT2D eigenvalue weighted by atomic mass is 9.87. The molecule has 4 heteroatoms. The molecule has 0 aromatic carbocycles. The minimum absolute atomic E-state index is 0.268. The molecule has 1 atom stereocenters. The largest absolute Gasteiger partial charge is 0.462 e. The van der Waals surface area contributed by atoms with E-state index in [4.69, 9.17) is 15.2 Å². The molecule has 2 N–H and O–H groups in total. The first-order chi connectivity index (χ1) is 7.25. The number of esters is 1. The van der Waals surface area contributed by atoms with Gasteiger partial charge in [-0.05, 0) is 11.3 Å². The van der Waals surface area contributed by atoms with Crippen LogP contribution in [0.15, 0.2) is 0 Å². The number of rotatable bonds is 6. The summed E-state index contributed by atoms with van der Waals surface area (Å²) in [6.45, 7) is 11.3. The Morgan fingerprint density at radius 1 is 1.25 bits per heavy atom. The second kappa shape index (κ2) is 6.86. The molecule has 0 saturated carbocycles. The summed E-state index contributed by atoms with van der Waals surface area (Å²) in [7, 11) is 0. The zero-order valence-corrected chi connectivity index (χ0v) is 11.1. The van der Waals surface area contributed by atoms with E-state index in [1.54, 1.807) is 0 Å². The lowest BCUT2D eigenvalue weighted by Gasteiger charge is -2.24. The summed E-state index contributed by atoms with van der Waals surface area (Å²) in [5.74, 6) is 0.133. The van der Waals surface area contributed by atoms with E-state index in [1.165, 1.54) is 0 Å². The Labute approximate surface area is 98.5 Å². The van der Waals surface area contributed by atoms with Crippen molar-refractivity contribution in [2.75, 3.05) is 19.8 Å². The van der Waals surface area contributed by atoms with Crippen molar-refractivity contribution in [2.24, 2.45) is 17.1 Å². The van der Waals surface area contributed by atoms with Crippen LogP contribution in [0.4, 0.5) is 0 Å². The molecule has 0 spiro atoms. The van der Waals surface area contributed by atoms with Crippen LogP contribution in [-0.4, -0.2) is 31.8 Å². The molecule has 0 rings (SSSR count). The molecule has 0 aromatic heterocycles. The van der Waals surface area contributed by atoms with Gasteiger partial charge in [0.25, 0.3) is 0 Å². The molecule has 0 aliphatic rings. The van der Waals surface area contributed by atoms with Crippen molar-refractivity contribution >= 4 is 5.97 Å². The molecule has 16 heavy (non-hydrogen) atoms. The van der Waals surface area contributed by atoms with Gasteiger partial charge in [0.1, 0.15) is 12.6 Å². The first-order valence-electron chi connectivity index (χ1n) is 5.75. The van der Waals surface area contributed by atoms with Crippen LogP contribution in [0.25, 0.3) is 0 Å². The SMILES string of the molecule is CC(C)COCCOC(=O)C(N)C(C)(C)C. The van der Waals surface area contributed by atoms with E-state index >= 15 is 0 Å². The number of hydrogen-bond acceptors (Lipinski definition) is 4. The number of ether oxygens (including phenoxy) is 2. The molecule has 0 radical (unpaired) electrons. The maximum Gasteiger partial charge on any atom is 0.323 e. The Balaban J connectivity index is 3.66. The van der Waals surface area contributed by atoms with Crippen molar-refractivity contribution in [3.8, 4) is 0 Å². The fourth-order valence-corrected chi connectivity index (χ4v) is 0.964. The standard InChI is InChI=1S/C12H25NO3/c1-9(2)8-15-6-7-16-11(14)10(13)12(3,4)5/h9-10H,6-8,13H2,1-5H3. The summed E-state index contributed by atoms with van der Waals surface area (Å²) in [4.78, 5) is 11.5. The maximum atomic E-state index is 11.5. The van der Waals surface area contributed by atoms with Gasteiger partial charge in [0, 0.05) is 6.61 Å². The Morgan fingerprint density at radius 3 is 2.25 bits per heavy atom. The Hall–Kier alpha value is -0.610. The van der Waals surface area contributed by atoms with Gasteiger partial charge in [0.05, 0.1) is 6.61 Å². The fourth-order valence-electron chi connectivity index (χ4n) is 0.964.